The summed E-state index contributed by atoms with van der Waals surface area (Å²) in [5.74, 6) is 0.525. The van der Waals surface area contributed by atoms with Crippen LogP contribution < -0.4 is 10.5 Å². The van der Waals surface area contributed by atoms with E-state index in [1.807, 2.05) is 0 Å². The van der Waals surface area contributed by atoms with Gasteiger partial charge in [-0.1, -0.05) is 24.4 Å². The molecule has 3 nitrogen and oxygen atoms in total. The van der Waals surface area contributed by atoms with Gasteiger partial charge >= 0.3 is 0 Å². The summed E-state index contributed by atoms with van der Waals surface area (Å²) >= 11 is 5.88. The molecule has 1 aliphatic carbocycles. The van der Waals surface area contributed by atoms with E-state index < -0.39 is 0 Å². The van der Waals surface area contributed by atoms with Crippen LogP contribution in [0.25, 0.3) is 0 Å². The zero-order chi connectivity index (χ0) is 12.3. The molecule has 2 N–H and O–H groups in total. The van der Waals surface area contributed by atoms with E-state index in [-0.39, 0.29) is 5.54 Å². The molecule has 1 aliphatic rings. The summed E-state index contributed by atoms with van der Waals surface area (Å²) in [6, 6.07) is 7.09. The van der Waals surface area contributed by atoms with E-state index in [1.165, 1.54) is 0 Å². The zero-order valence-corrected chi connectivity index (χ0v) is 10.3. The zero-order valence-electron chi connectivity index (χ0n) is 9.58. The van der Waals surface area contributed by atoms with Gasteiger partial charge in [0.1, 0.15) is 18.4 Å². The van der Waals surface area contributed by atoms with Gasteiger partial charge in [0.2, 0.25) is 0 Å². The monoisotopic (exact) mass is 250 g/mol. The summed E-state index contributed by atoms with van der Waals surface area (Å²) in [7, 11) is 0. The SMILES string of the molecule is N#Cc1ccc(Cl)cc1OCC1(N)CCCC1. The lowest BCUT2D eigenvalue weighted by atomic mass is 10.0. The predicted octanol–water partition coefficient (Wildman–Crippen LogP) is 2.86. The van der Waals surface area contributed by atoms with Gasteiger partial charge < -0.3 is 10.5 Å². The van der Waals surface area contributed by atoms with Crippen LogP contribution in [0.2, 0.25) is 5.02 Å². The third-order valence-corrected chi connectivity index (χ3v) is 3.41. The number of nitriles is 1. The minimum atomic E-state index is -0.241. The lowest BCUT2D eigenvalue weighted by Gasteiger charge is -2.23. The van der Waals surface area contributed by atoms with Crippen molar-refractivity contribution in [2.24, 2.45) is 5.73 Å². The average molecular weight is 251 g/mol. The van der Waals surface area contributed by atoms with Crippen molar-refractivity contribution in [3.63, 3.8) is 0 Å². The molecule has 0 aromatic heterocycles. The molecule has 0 spiro atoms. The maximum atomic E-state index is 8.96. The molecule has 1 aromatic carbocycles. The fourth-order valence-electron chi connectivity index (χ4n) is 2.15. The number of hydrogen-bond acceptors (Lipinski definition) is 3. The van der Waals surface area contributed by atoms with Crippen LogP contribution in [0.5, 0.6) is 5.75 Å². The molecule has 1 aromatic rings. The number of ether oxygens (including phenoxy) is 1. The van der Waals surface area contributed by atoms with Gasteiger partial charge in [0, 0.05) is 11.1 Å². The third-order valence-electron chi connectivity index (χ3n) is 3.18. The van der Waals surface area contributed by atoms with E-state index in [2.05, 4.69) is 6.07 Å². The highest BCUT2D eigenvalue weighted by atomic mass is 35.5. The van der Waals surface area contributed by atoms with E-state index in [0.717, 1.165) is 25.7 Å². The van der Waals surface area contributed by atoms with Crippen molar-refractivity contribution < 1.29 is 4.74 Å². The quantitative estimate of drug-likeness (QED) is 0.897. The molecule has 2 rings (SSSR count). The molecule has 0 radical (unpaired) electrons. The Morgan fingerprint density at radius 2 is 2.12 bits per heavy atom. The van der Waals surface area contributed by atoms with E-state index in [9.17, 15) is 0 Å². The Hall–Kier alpha value is -1.24. The second-order valence-electron chi connectivity index (χ2n) is 4.61. The maximum Gasteiger partial charge on any atom is 0.138 e. The number of benzene rings is 1. The Bertz CT molecular complexity index is 447. The Balaban J connectivity index is 2.08. The summed E-state index contributed by atoms with van der Waals surface area (Å²) in [5, 5.41) is 9.53. The highest BCUT2D eigenvalue weighted by molar-refractivity contribution is 6.30. The fourth-order valence-corrected chi connectivity index (χ4v) is 2.31. The number of nitrogens with zero attached hydrogens (tertiary/aromatic N) is 1. The minimum absolute atomic E-state index is 0.241. The average Bonchev–Trinajstić information content (AvgIpc) is 2.74. The fraction of sp³-hybridized carbons (Fsp3) is 0.462. The van der Waals surface area contributed by atoms with Crippen molar-refractivity contribution in [1.29, 1.82) is 5.26 Å². The molecule has 0 bridgehead atoms. The summed E-state index contributed by atoms with van der Waals surface area (Å²) in [5.41, 5.74) is 6.45. The van der Waals surface area contributed by atoms with Gasteiger partial charge in [-0.05, 0) is 25.0 Å². The molecular weight excluding hydrogens is 236 g/mol. The van der Waals surface area contributed by atoms with Crippen LogP contribution >= 0.6 is 11.6 Å². The Morgan fingerprint density at radius 3 is 2.76 bits per heavy atom. The second kappa shape index (κ2) is 4.95. The first-order valence-electron chi connectivity index (χ1n) is 5.74. The van der Waals surface area contributed by atoms with Gasteiger partial charge in [0.05, 0.1) is 11.1 Å². The Labute approximate surface area is 106 Å². The smallest absolute Gasteiger partial charge is 0.138 e. The highest BCUT2D eigenvalue weighted by Gasteiger charge is 2.30. The summed E-state index contributed by atoms with van der Waals surface area (Å²) in [6.07, 6.45) is 4.27. The molecule has 0 atom stereocenters. The summed E-state index contributed by atoms with van der Waals surface area (Å²) in [4.78, 5) is 0. The number of rotatable bonds is 3. The van der Waals surface area contributed by atoms with Gasteiger partial charge in [-0.3, -0.25) is 0 Å². The molecule has 0 aliphatic heterocycles. The minimum Gasteiger partial charge on any atom is -0.490 e. The van der Waals surface area contributed by atoms with E-state index >= 15 is 0 Å². The van der Waals surface area contributed by atoms with Gasteiger partial charge in [0.15, 0.2) is 0 Å². The molecule has 1 saturated carbocycles. The maximum absolute atomic E-state index is 8.96. The van der Waals surface area contributed by atoms with Crippen molar-refractivity contribution in [2.45, 2.75) is 31.2 Å². The van der Waals surface area contributed by atoms with Crippen molar-refractivity contribution in [1.82, 2.24) is 0 Å². The van der Waals surface area contributed by atoms with Crippen LogP contribution in [0.15, 0.2) is 18.2 Å². The summed E-state index contributed by atoms with van der Waals surface area (Å²) in [6.45, 7) is 0.446. The van der Waals surface area contributed by atoms with Crippen LogP contribution in [0, 0.1) is 11.3 Å². The van der Waals surface area contributed by atoms with E-state index in [4.69, 9.17) is 27.3 Å². The predicted molar refractivity (Wildman–Crippen MR) is 67.0 cm³/mol. The van der Waals surface area contributed by atoms with Crippen molar-refractivity contribution in [3.8, 4) is 11.8 Å². The highest BCUT2D eigenvalue weighted by Crippen LogP contribution is 2.29. The molecule has 0 amide bonds. The third kappa shape index (κ3) is 2.91. The van der Waals surface area contributed by atoms with E-state index in [0.29, 0.717) is 22.9 Å². The molecule has 17 heavy (non-hydrogen) atoms. The largest absolute Gasteiger partial charge is 0.490 e. The van der Waals surface area contributed by atoms with Crippen LogP contribution in [-0.2, 0) is 0 Å². The molecular formula is C13H15ClN2O. The molecule has 4 heteroatoms. The molecule has 0 heterocycles. The standard InChI is InChI=1S/C13H15ClN2O/c14-11-4-3-10(8-15)12(7-11)17-9-13(16)5-1-2-6-13/h3-4,7H,1-2,5-6,9,16H2. The first-order valence-corrected chi connectivity index (χ1v) is 6.12. The van der Waals surface area contributed by atoms with Crippen molar-refractivity contribution >= 4 is 11.6 Å². The first-order chi connectivity index (χ1) is 8.13. The van der Waals surface area contributed by atoms with Crippen LogP contribution in [-0.4, -0.2) is 12.1 Å². The van der Waals surface area contributed by atoms with Gasteiger partial charge in [0.25, 0.3) is 0 Å². The molecule has 90 valence electrons. The first kappa shape index (κ1) is 12.2. The number of hydrogen-bond donors (Lipinski definition) is 1. The van der Waals surface area contributed by atoms with Crippen LogP contribution in [0.1, 0.15) is 31.2 Å². The van der Waals surface area contributed by atoms with Gasteiger partial charge in [-0.2, -0.15) is 5.26 Å². The molecule has 0 unspecified atom stereocenters. The normalized spacial score (nSPS) is 17.7. The lowest BCUT2D eigenvalue weighted by molar-refractivity contribution is 0.220. The molecule has 0 saturated heterocycles. The summed E-state index contributed by atoms with van der Waals surface area (Å²) < 4.78 is 5.66. The molecule has 1 fully saturated rings. The topological polar surface area (TPSA) is 59.0 Å². The van der Waals surface area contributed by atoms with Crippen LogP contribution in [0.3, 0.4) is 0 Å². The van der Waals surface area contributed by atoms with Gasteiger partial charge in [-0.25, -0.2) is 0 Å². The van der Waals surface area contributed by atoms with E-state index in [1.54, 1.807) is 18.2 Å². The van der Waals surface area contributed by atoms with Crippen molar-refractivity contribution in [3.05, 3.63) is 28.8 Å². The lowest BCUT2D eigenvalue weighted by Crippen LogP contribution is -2.42. The van der Waals surface area contributed by atoms with Crippen molar-refractivity contribution in [2.75, 3.05) is 6.61 Å². The van der Waals surface area contributed by atoms with Crippen LogP contribution in [0.4, 0.5) is 0 Å². The second-order valence-corrected chi connectivity index (χ2v) is 5.05. The number of halogens is 1. The number of nitrogens with two attached hydrogens (primary N) is 1. The Morgan fingerprint density at radius 1 is 1.41 bits per heavy atom. The van der Waals surface area contributed by atoms with Gasteiger partial charge in [-0.15, -0.1) is 0 Å². The Kier molecular flexibility index (Phi) is 3.56.